The third-order valence-electron chi connectivity index (χ3n) is 1.79. The fraction of sp³-hybridized carbons (Fsp3) is 0.111. The number of nitriles is 1. The van der Waals surface area contributed by atoms with Crippen molar-refractivity contribution in [3.63, 3.8) is 0 Å². The molecule has 0 aliphatic heterocycles. The molecule has 7 heteroatoms. The van der Waals surface area contributed by atoms with Gasteiger partial charge in [0.05, 0.1) is 28.2 Å². The smallest absolute Gasteiger partial charge is 0.339 e. The molecule has 0 aliphatic rings. The highest BCUT2D eigenvalue weighted by Crippen LogP contribution is 2.27. The van der Waals surface area contributed by atoms with Crippen LogP contribution in [0.3, 0.4) is 0 Å². The summed E-state index contributed by atoms with van der Waals surface area (Å²) in [6.07, 6.45) is 0. The molecule has 0 aromatic heterocycles. The van der Waals surface area contributed by atoms with E-state index in [0.29, 0.717) is 0 Å². The lowest BCUT2D eigenvalue weighted by Crippen LogP contribution is -2.04. The number of halogens is 1. The van der Waals surface area contributed by atoms with Crippen LogP contribution in [0.25, 0.3) is 0 Å². The molecule has 0 heterocycles. The highest BCUT2D eigenvalue weighted by atomic mass is 35.5. The van der Waals surface area contributed by atoms with Crippen molar-refractivity contribution in [3.05, 3.63) is 38.4 Å². The number of methoxy groups -OCH3 is 1. The van der Waals surface area contributed by atoms with E-state index in [4.69, 9.17) is 16.9 Å². The molecule has 0 aliphatic carbocycles. The second-order valence-corrected chi connectivity index (χ2v) is 3.09. The monoisotopic (exact) mass is 240 g/mol. The first-order valence-corrected chi connectivity index (χ1v) is 4.35. The van der Waals surface area contributed by atoms with E-state index in [0.717, 1.165) is 19.2 Å². The summed E-state index contributed by atoms with van der Waals surface area (Å²) < 4.78 is 4.40. The molecule has 82 valence electrons. The van der Waals surface area contributed by atoms with Crippen molar-refractivity contribution in [3.8, 4) is 6.07 Å². The Morgan fingerprint density at radius 3 is 2.69 bits per heavy atom. The van der Waals surface area contributed by atoms with Crippen molar-refractivity contribution in [2.45, 2.75) is 0 Å². The minimum atomic E-state index is -0.829. The van der Waals surface area contributed by atoms with Gasteiger partial charge in [-0.05, 0) is 0 Å². The van der Waals surface area contributed by atoms with Gasteiger partial charge >= 0.3 is 5.97 Å². The maximum atomic E-state index is 11.2. The Hall–Kier alpha value is -2.13. The van der Waals surface area contributed by atoms with Gasteiger partial charge in [-0.15, -0.1) is 0 Å². The number of non-ortho nitro benzene ring substituents is 1. The van der Waals surface area contributed by atoms with E-state index in [1.807, 2.05) is 0 Å². The molecule has 0 unspecified atom stereocenters. The first-order chi connectivity index (χ1) is 7.51. The van der Waals surface area contributed by atoms with E-state index in [-0.39, 0.29) is 21.8 Å². The fourth-order valence-electron chi connectivity index (χ4n) is 1.05. The maximum absolute atomic E-state index is 11.2. The highest BCUT2D eigenvalue weighted by molar-refractivity contribution is 6.34. The van der Waals surface area contributed by atoms with E-state index >= 15 is 0 Å². The van der Waals surface area contributed by atoms with Gasteiger partial charge in [0.15, 0.2) is 0 Å². The van der Waals surface area contributed by atoms with Gasteiger partial charge in [-0.1, -0.05) is 11.6 Å². The van der Waals surface area contributed by atoms with Crippen LogP contribution in [0, 0.1) is 21.4 Å². The van der Waals surface area contributed by atoms with Gasteiger partial charge in [0, 0.05) is 12.1 Å². The van der Waals surface area contributed by atoms with Crippen LogP contribution in [0.1, 0.15) is 15.9 Å². The Bertz CT molecular complexity index is 507. The average molecular weight is 241 g/mol. The fourth-order valence-corrected chi connectivity index (χ4v) is 1.28. The van der Waals surface area contributed by atoms with Crippen LogP contribution in [-0.4, -0.2) is 18.0 Å². The summed E-state index contributed by atoms with van der Waals surface area (Å²) in [6.45, 7) is 0. The molecule has 0 amide bonds. The number of nitrogens with zero attached hydrogens (tertiary/aromatic N) is 2. The number of ether oxygens (including phenoxy) is 1. The molecule has 6 nitrogen and oxygen atoms in total. The largest absolute Gasteiger partial charge is 0.465 e. The first-order valence-electron chi connectivity index (χ1n) is 3.97. The van der Waals surface area contributed by atoms with Crippen molar-refractivity contribution >= 4 is 23.3 Å². The van der Waals surface area contributed by atoms with E-state index in [1.165, 1.54) is 0 Å². The molecule has 0 N–H and O–H groups in total. The Labute approximate surface area is 95.2 Å². The number of hydrogen-bond acceptors (Lipinski definition) is 5. The third-order valence-corrected chi connectivity index (χ3v) is 2.20. The van der Waals surface area contributed by atoms with Gasteiger partial charge in [-0.3, -0.25) is 10.1 Å². The van der Waals surface area contributed by atoms with Crippen molar-refractivity contribution in [1.29, 1.82) is 5.26 Å². The zero-order valence-electron chi connectivity index (χ0n) is 8.06. The van der Waals surface area contributed by atoms with Crippen LogP contribution in [0.5, 0.6) is 0 Å². The summed E-state index contributed by atoms with van der Waals surface area (Å²) in [5.74, 6) is -0.829. The molecular weight excluding hydrogens is 236 g/mol. The van der Waals surface area contributed by atoms with Gasteiger partial charge < -0.3 is 4.74 Å². The quantitative estimate of drug-likeness (QED) is 0.447. The number of nitro benzene ring substituents is 1. The van der Waals surface area contributed by atoms with Crippen molar-refractivity contribution in [2.75, 3.05) is 7.11 Å². The predicted octanol–water partition coefficient (Wildman–Crippen LogP) is 1.91. The molecule has 0 saturated heterocycles. The summed E-state index contributed by atoms with van der Waals surface area (Å²) in [6, 6.07) is 3.63. The average Bonchev–Trinajstić information content (AvgIpc) is 2.28. The lowest BCUT2D eigenvalue weighted by Gasteiger charge is -2.03. The van der Waals surface area contributed by atoms with Crippen molar-refractivity contribution in [1.82, 2.24) is 0 Å². The second-order valence-electron chi connectivity index (χ2n) is 2.72. The molecule has 0 saturated carbocycles. The Morgan fingerprint density at radius 2 is 2.25 bits per heavy atom. The zero-order chi connectivity index (χ0) is 12.3. The molecule has 0 spiro atoms. The number of rotatable bonds is 2. The van der Waals surface area contributed by atoms with Crippen molar-refractivity contribution < 1.29 is 14.5 Å². The van der Waals surface area contributed by atoms with Crippen molar-refractivity contribution in [2.24, 2.45) is 0 Å². The molecule has 1 aromatic rings. The van der Waals surface area contributed by atoms with Gasteiger partial charge in [-0.25, -0.2) is 4.79 Å². The maximum Gasteiger partial charge on any atom is 0.339 e. The number of carbonyl (C=O) groups is 1. The van der Waals surface area contributed by atoms with Crippen LogP contribution in [0.2, 0.25) is 5.02 Å². The Balaban J connectivity index is 3.49. The minimum Gasteiger partial charge on any atom is -0.465 e. The SMILES string of the molecule is COC(=O)c1cc([N+](=O)[O-])cc(C#N)c1Cl. The zero-order valence-corrected chi connectivity index (χ0v) is 8.82. The molecule has 1 aromatic carbocycles. The topological polar surface area (TPSA) is 93.2 Å². The normalized spacial score (nSPS) is 9.31. The number of hydrogen-bond donors (Lipinski definition) is 0. The summed E-state index contributed by atoms with van der Waals surface area (Å²) in [4.78, 5) is 21.1. The summed E-state index contributed by atoms with van der Waals surface area (Å²) in [7, 11) is 1.11. The van der Waals surface area contributed by atoms with E-state index in [9.17, 15) is 14.9 Å². The molecule has 1 rings (SSSR count). The number of benzene rings is 1. The van der Waals surface area contributed by atoms with Crippen LogP contribution < -0.4 is 0 Å². The summed E-state index contributed by atoms with van der Waals surface area (Å²) in [5.41, 5.74) is -0.729. The van der Waals surface area contributed by atoms with Crippen LogP contribution in [-0.2, 0) is 4.74 Å². The second kappa shape index (κ2) is 4.59. The Kier molecular flexibility index (Phi) is 3.43. The van der Waals surface area contributed by atoms with E-state index < -0.39 is 10.9 Å². The number of nitro groups is 1. The lowest BCUT2D eigenvalue weighted by molar-refractivity contribution is -0.384. The number of carbonyl (C=O) groups excluding carboxylic acids is 1. The molecule has 16 heavy (non-hydrogen) atoms. The molecule has 0 bridgehead atoms. The summed E-state index contributed by atoms with van der Waals surface area (Å²) >= 11 is 5.71. The highest BCUT2D eigenvalue weighted by Gasteiger charge is 2.20. The van der Waals surface area contributed by atoms with Crippen LogP contribution in [0.4, 0.5) is 5.69 Å². The molecular formula is C9H5ClN2O4. The Morgan fingerprint density at radius 1 is 1.62 bits per heavy atom. The molecule has 0 radical (unpaired) electrons. The summed E-state index contributed by atoms with van der Waals surface area (Å²) in [5, 5.41) is 19.1. The molecule has 0 fully saturated rings. The van der Waals surface area contributed by atoms with Gasteiger partial charge in [0.2, 0.25) is 0 Å². The van der Waals surface area contributed by atoms with Crippen LogP contribution in [0.15, 0.2) is 12.1 Å². The van der Waals surface area contributed by atoms with Gasteiger partial charge in [-0.2, -0.15) is 5.26 Å². The molecule has 0 atom stereocenters. The number of esters is 1. The van der Waals surface area contributed by atoms with Gasteiger partial charge in [0.1, 0.15) is 6.07 Å². The minimum absolute atomic E-state index is 0.142. The van der Waals surface area contributed by atoms with Crippen LogP contribution >= 0.6 is 11.6 Å². The van der Waals surface area contributed by atoms with E-state index in [1.54, 1.807) is 6.07 Å². The van der Waals surface area contributed by atoms with Gasteiger partial charge in [0.25, 0.3) is 5.69 Å². The predicted molar refractivity (Wildman–Crippen MR) is 54.2 cm³/mol. The first kappa shape index (κ1) is 11.9. The van der Waals surface area contributed by atoms with E-state index in [2.05, 4.69) is 4.74 Å². The third kappa shape index (κ3) is 2.10. The lowest BCUT2D eigenvalue weighted by atomic mass is 10.1. The standard InChI is InChI=1S/C9H5ClN2O4/c1-16-9(13)7-3-6(12(14)15)2-5(4-11)8(7)10/h2-3H,1H3.